The topological polar surface area (TPSA) is 71.2 Å². The van der Waals surface area contributed by atoms with Crippen molar-refractivity contribution in [2.24, 2.45) is 11.7 Å². The average Bonchev–Trinajstić information content (AvgIpc) is 2.56. The van der Waals surface area contributed by atoms with E-state index in [1.165, 1.54) is 5.56 Å². The number of hydrogen-bond acceptors (Lipinski definition) is 4. The van der Waals surface area contributed by atoms with Crippen LogP contribution in [0, 0.1) is 5.92 Å². The summed E-state index contributed by atoms with van der Waals surface area (Å²) >= 11 is 0. The number of nitrogens with two attached hydrogens (primary N) is 1. The summed E-state index contributed by atoms with van der Waals surface area (Å²) in [5.74, 6) is 0.228. The van der Waals surface area contributed by atoms with Crippen LogP contribution in [0.2, 0.25) is 0 Å². The van der Waals surface area contributed by atoms with Crippen molar-refractivity contribution in [3.05, 3.63) is 30.1 Å². The first-order valence-corrected chi connectivity index (χ1v) is 8.27. The molecule has 1 aliphatic rings. The zero-order chi connectivity index (χ0) is 15.9. The van der Waals surface area contributed by atoms with Gasteiger partial charge in [-0.3, -0.25) is 14.7 Å². The van der Waals surface area contributed by atoms with Gasteiger partial charge in [0.05, 0.1) is 6.04 Å². The molecule has 0 bridgehead atoms. The van der Waals surface area contributed by atoms with E-state index in [9.17, 15) is 4.79 Å². The van der Waals surface area contributed by atoms with Crippen molar-refractivity contribution in [2.45, 2.75) is 51.7 Å². The second-order valence-corrected chi connectivity index (χ2v) is 6.33. The van der Waals surface area contributed by atoms with E-state index in [4.69, 9.17) is 5.73 Å². The van der Waals surface area contributed by atoms with Crippen LogP contribution >= 0.6 is 12.4 Å². The number of pyridine rings is 1. The Bertz CT molecular complexity index is 463. The van der Waals surface area contributed by atoms with Gasteiger partial charge in [-0.05, 0) is 30.4 Å². The molecule has 1 aromatic rings. The maximum absolute atomic E-state index is 12.1. The quantitative estimate of drug-likeness (QED) is 0.830. The number of rotatable bonds is 6. The molecule has 6 heteroatoms. The maximum atomic E-state index is 12.1. The first kappa shape index (κ1) is 19.9. The van der Waals surface area contributed by atoms with Crippen molar-refractivity contribution < 1.29 is 4.79 Å². The number of amides is 1. The van der Waals surface area contributed by atoms with Gasteiger partial charge in [-0.1, -0.05) is 26.3 Å². The third-order valence-corrected chi connectivity index (χ3v) is 4.62. The molecule has 0 saturated carbocycles. The molecule has 1 amide bonds. The molecule has 23 heavy (non-hydrogen) atoms. The number of hydrogen-bond donors (Lipinski definition) is 2. The highest BCUT2D eigenvalue weighted by Gasteiger charge is 2.25. The Balaban J connectivity index is 0.00000264. The van der Waals surface area contributed by atoms with Crippen LogP contribution in [0.25, 0.3) is 0 Å². The second kappa shape index (κ2) is 9.85. The lowest BCUT2D eigenvalue weighted by Crippen LogP contribution is -2.51. The fourth-order valence-electron chi connectivity index (χ4n) is 2.80. The van der Waals surface area contributed by atoms with Crippen LogP contribution in [-0.4, -0.2) is 41.0 Å². The summed E-state index contributed by atoms with van der Waals surface area (Å²) < 4.78 is 0. The third-order valence-electron chi connectivity index (χ3n) is 4.62. The molecule has 2 rings (SSSR count). The van der Waals surface area contributed by atoms with Crippen LogP contribution < -0.4 is 11.1 Å². The Kier molecular flexibility index (Phi) is 8.52. The second-order valence-electron chi connectivity index (χ2n) is 6.33. The highest BCUT2D eigenvalue weighted by molar-refractivity contribution is 5.85. The van der Waals surface area contributed by atoms with Gasteiger partial charge in [0.15, 0.2) is 0 Å². The average molecular weight is 341 g/mol. The van der Waals surface area contributed by atoms with E-state index in [-0.39, 0.29) is 30.3 Å². The van der Waals surface area contributed by atoms with E-state index in [0.29, 0.717) is 0 Å². The van der Waals surface area contributed by atoms with Crippen molar-refractivity contribution >= 4 is 18.3 Å². The zero-order valence-electron chi connectivity index (χ0n) is 14.1. The Labute approximate surface area is 145 Å². The first-order chi connectivity index (χ1) is 10.6. The maximum Gasteiger partial charge on any atom is 0.237 e. The minimum Gasteiger partial charge on any atom is -0.352 e. The van der Waals surface area contributed by atoms with Gasteiger partial charge < -0.3 is 11.1 Å². The van der Waals surface area contributed by atoms with Crippen LogP contribution in [0.4, 0.5) is 0 Å². The lowest BCUT2D eigenvalue weighted by Gasteiger charge is -2.33. The molecule has 1 fully saturated rings. The lowest BCUT2D eigenvalue weighted by molar-refractivity contribution is -0.124. The summed E-state index contributed by atoms with van der Waals surface area (Å²) in [4.78, 5) is 18.7. The summed E-state index contributed by atoms with van der Waals surface area (Å²) in [6.07, 6.45) is 6.61. The van der Waals surface area contributed by atoms with E-state index in [0.717, 1.165) is 38.9 Å². The molecule has 1 aliphatic heterocycles. The minimum atomic E-state index is -0.390. The van der Waals surface area contributed by atoms with Crippen molar-refractivity contribution in [3.8, 4) is 0 Å². The molecule has 1 saturated heterocycles. The Morgan fingerprint density at radius 1 is 1.48 bits per heavy atom. The molecule has 2 unspecified atom stereocenters. The Morgan fingerprint density at radius 2 is 2.17 bits per heavy atom. The molecular weight excluding hydrogens is 312 g/mol. The van der Waals surface area contributed by atoms with Crippen LogP contribution in [0.3, 0.4) is 0 Å². The van der Waals surface area contributed by atoms with Gasteiger partial charge >= 0.3 is 0 Å². The van der Waals surface area contributed by atoms with Gasteiger partial charge in [0, 0.05) is 38.1 Å². The number of halogens is 1. The summed E-state index contributed by atoms with van der Waals surface area (Å²) in [5, 5.41) is 3.12. The van der Waals surface area contributed by atoms with E-state index >= 15 is 0 Å². The largest absolute Gasteiger partial charge is 0.352 e. The zero-order valence-corrected chi connectivity index (χ0v) is 14.9. The highest BCUT2D eigenvalue weighted by Crippen LogP contribution is 2.14. The molecule has 3 N–H and O–H groups in total. The van der Waals surface area contributed by atoms with Crippen molar-refractivity contribution in [3.63, 3.8) is 0 Å². The van der Waals surface area contributed by atoms with E-state index in [2.05, 4.69) is 28.2 Å². The summed E-state index contributed by atoms with van der Waals surface area (Å²) in [5.41, 5.74) is 7.23. The first-order valence-electron chi connectivity index (χ1n) is 8.27. The lowest BCUT2D eigenvalue weighted by atomic mass is 9.98. The molecule has 2 atom stereocenters. The standard InChI is InChI=1S/C17H28N4O.ClH/c1-3-13(2)16(18)17(22)20-15-6-9-21(10-7-15)12-14-5-4-8-19-11-14;/h4-5,8,11,13,15-16H,3,6-7,9-10,12,18H2,1-2H3,(H,20,22);1H. The smallest absolute Gasteiger partial charge is 0.237 e. The number of aromatic nitrogens is 1. The number of nitrogens with zero attached hydrogens (tertiary/aromatic N) is 2. The van der Waals surface area contributed by atoms with Gasteiger partial charge in [-0.15, -0.1) is 12.4 Å². The van der Waals surface area contributed by atoms with Gasteiger partial charge in [-0.25, -0.2) is 0 Å². The minimum absolute atomic E-state index is 0. The summed E-state index contributed by atoms with van der Waals surface area (Å²) in [6, 6.07) is 3.94. The van der Waals surface area contributed by atoms with Crippen LogP contribution in [0.15, 0.2) is 24.5 Å². The van der Waals surface area contributed by atoms with Gasteiger partial charge in [0.1, 0.15) is 0 Å². The Hall–Kier alpha value is -1.17. The molecule has 0 aliphatic carbocycles. The predicted molar refractivity (Wildman–Crippen MR) is 95.4 cm³/mol. The fraction of sp³-hybridized carbons (Fsp3) is 0.647. The van der Waals surface area contributed by atoms with E-state index in [1.807, 2.05) is 19.2 Å². The molecule has 1 aromatic heterocycles. The van der Waals surface area contributed by atoms with Crippen molar-refractivity contribution in [1.29, 1.82) is 0 Å². The summed E-state index contributed by atoms with van der Waals surface area (Å²) in [6.45, 7) is 7.02. The number of carbonyl (C=O) groups is 1. The number of carbonyl (C=O) groups excluding carboxylic acids is 1. The molecule has 0 radical (unpaired) electrons. The monoisotopic (exact) mass is 340 g/mol. The molecule has 130 valence electrons. The van der Waals surface area contributed by atoms with E-state index < -0.39 is 6.04 Å². The van der Waals surface area contributed by atoms with Crippen LogP contribution in [-0.2, 0) is 11.3 Å². The third kappa shape index (κ3) is 6.09. The predicted octanol–water partition coefficient (Wildman–Crippen LogP) is 1.96. The summed E-state index contributed by atoms with van der Waals surface area (Å²) in [7, 11) is 0. The molecule has 5 nitrogen and oxygen atoms in total. The number of nitrogens with one attached hydrogen (secondary N) is 1. The van der Waals surface area contributed by atoms with Crippen molar-refractivity contribution in [1.82, 2.24) is 15.2 Å². The molecule has 0 aromatic carbocycles. The van der Waals surface area contributed by atoms with Crippen LogP contribution in [0.1, 0.15) is 38.7 Å². The van der Waals surface area contributed by atoms with Crippen LogP contribution in [0.5, 0.6) is 0 Å². The van der Waals surface area contributed by atoms with Crippen molar-refractivity contribution in [2.75, 3.05) is 13.1 Å². The SMILES string of the molecule is CCC(C)C(N)C(=O)NC1CCN(Cc2cccnc2)CC1.Cl. The van der Waals surface area contributed by atoms with Gasteiger partial charge in [0.2, 0.25) is 5.91 Å². The molecule has 0 spiro atoms. The number of piperidine rings is 1. The van der Waals surface area contributed by atoms with Gasteiger partial charge in [0.25, 0.3) is 0 Å². The number of likely N-dealkylation sites (tertiary alicyclic amines) is 1. The highest BCUT2D eigenvalue weighted by atomic mass is 35.5. The molecular formula is C17H29ClN4O. The molecule has 2 heterocycles. The van der Waals surface area contributed by atoms with Gasteiger partial charge in [-0.2, -0.15) is 0 Å². The Morgan fingerprint density at radius 3 is 2.74 bits per heavy atom. The normalized spacial score (nSPS) is 18.7. The fourth-order valence-corrected chi connectivity index (χ4v) is 2.80. The van der Waals surface area contributed by atoms with E-state index in [1.54, 1.807) is 6.20 Å².